The molecule has 3 heterocycles. The first-order valence-electron chi connectivity index (χ1n) is 12.5. The molecule has 1 amide bonds. The molecule has 0 radical (unpaired) electrons. The summed E-state index contributed by atoms with van der Waals surface area (Å²) < 4.78 is 42.9. The zero-order chi connectivity index (χ0) is 22.8. The summed E-state index contributed by atoms with van der Waals surface area (Å²) in [6, 6.07) is 2.63. The van der Waals surface area contributed by atoms with E-state index in [0.29, 0.717) is 25.2 Å². The highest BCUT2D eigenvalue weighted by Gasteiger charge is 2.51. The van der Waals surface area contributed by atoms with E-state index in [-0.39, 0.29) is 22.7 Å². The lowest BCUT2D eigenvalue weighted by Gasteiger charge is -2.57. The van der Waals surface area contributed by atoms with E-state index in [1.54, 1.807) is 4.90 Å². The Labute approximate surface area is 191 Å². The quantitative estimate of drug-likeness (QED) is 0.606. The fraction of sp³-hybridized carbons (Fsp3) is 0.720. The lowest BCUT2D eigenvalue weighted by Crippen LogP contribution is -2.47. The van der Waals surface area contributed by atoms with Crippen molar-refractivity contribution in [2.45, 2.75) is 76.8 Å². The summed E-state index contributed by atoms with van der Waals surface area (Å²) in [4.78, 5) is 19.4. The first-order chi connectivity index (χ1) is 15.8. The van der Waals surface area contributed by atoms with Gasteiger partial charge in [0.1, 0.15) is 5.69 Å². The maximum Gasteiger partial charge on any atom is 0.433 e. The first-order valence-corrected chi connectivity index (χ1v) is 12.5. The van der Waals surface area contributed by atoms with Gasteiger partial charge in [0.25, 0.3) is 5.91 Å². The molecule has 0 N–H and O–H groups in total. The van der Waals surface area contributed by atoms with Crippen LogP contribution in [0, 0.1) is 23.2 Å². The molecule has 5 fully saturated rings. The molecule has 0 atom stereocenters. The molecule has 5 nitrogen and oxygen atoms in total. The van der Waals surface area contributed by atoms with Gasteiger partial charge in [0.05, 0.1) is 0 Å². The Kier molecular flexibility index (Phi) is 5.00. The van der Waals surface area contributed by atoms with E-state index in [0.717, 1.165) is 67.2 Å². The Morgan fingerprint density at radius 1 is 0.970 bits per heavy atom. The number of aromatic nitrogens is 3. The van der Waals surface area contributed by atoms with Gasteiger partial charge in [-0.1, -0.05) is 12.8 Å². The number of carbonyl (C=O) groups is 1. The lowest BCUT2D eigenvalue weighted by atomic mass is 9.48. The largest absolute Gasteiger partial charge is 0.433 e. The third-order valence-corrected chi connectivity index (χ3v) is 8.60. The zero-order valence-corrected chi connectivity index (χ0v) is 18.9. The smallest absolute Gasteiger partial charge is 0.337 e. The highest BCUT2D eigenvalue weighted by atomic mass is 19.4. The SMILES string of the molecule is O=C(c1cc2nc(CC34CC5CC(CC(C5)C3)C4)cc(C(F)(F)F)n2n1)N1CCCCCC1. The van der Waals surface area contributed by atoms with Crippen LogP contribution in [0.15, 0.2) is 12.1 Å². The third kappa shape index (κ3) is 3.93. The van der Waals surface area contributed by atoms with Gasteiger partial charge in [-0.3, -0.25) is 4.79 Å². The van der Waals surface area contributed by atoms with Gasteiger partial charge >= 0.3 is 6.18 Å². The van der Waals surface area contributed by atoms with E-state index >= 15 is 0 Å². The van der Waals surface area contributed by atoms with Crippen LogP contribution in [0.4, 0.5) is 13.2 Å². The second-order valence-electron chi connectivity index (χ2n) is 11.2. The van der Waals surface area contributed by atoms with Gasteiger partial charge in [-0.2, -0.15) is 18.3 Å². The summed E-state index contributed by atoms with van der Waals surface area (Å²) in [6.07, 6.45) is 7.24. The van der Waals surface area contributed by atoms with Crippen LogP contribution in [-0.2, 0) is 12.6 Å². The minimum Gasteiger partial charge on any atom is -0.337 e. The van der Waals surface area contributed by atoms with Gasteiger partial charge < -0.3 is 4.90 Å². The number of hydrogen-bond acceptors (Lipinski definition) is 3. The Morgan fingerprint density at radius 3 is 2.15 bits per heavy atom. The Balaban J connectivity index is 1.35. The van der Waals surface area contributed by atoms with Gasteiger partial charge in [0.2, 0.25) is 0 Å². The van der Waals surface area contributed by atoms with Crippen LogP contribution in [0.3, 0.4) is 0 Å². The van der Waals surface area contributed by atoms with Crippen molar-refractivity contribution in [2.75, 3.05) is 13.1 Å². The second kappa shape index (κ2) is 7.70. The van der Waals surface area contributed by atoms with E-state index in [2.05, 4.69) is 10.1 Å². The molecule has 178 valence electrons. The van der Waals surface area contributed by atoms with Crippen molar-refractivity contribution in [1.82, 2.24) is 19.5 Å². The molecule has 0 aromatic carbocycles. The minimum atomic E-state index is -4.56. The van der Waals surface area contributed by atoms with Crippen LogP contribution >= 0.6 is 0 Å². The van der Waals surface area contributed by atoms with Crippen molar-refractivity contribution in [1.29, 1.82) is 0 Å². The van der Waals surface area contributed by atoms with Gasteiger partial charge in [0, 0.05) is 24.8 Å². The minimum absolute atomic E-state index is 0.0573. The average Bonchev–Trinajstić information content (AvgIpc) is 2.96. The topological polar surface area (TPSA) is 50.5 Å². The Hall–Kier alpha value is -2.12. The van der Waals surface area contributed by atoms with Gasteiger partial charge in [-0.15, -0.1) is 0 Å². The van der Waals surface area contributed by atoms with Gasteiger partial charge in [-0.25, -0.2) is 9.50 Å². The monoisotopic (exact) mass is 460 g/mol. The maximum atomic E-state index is 14.0. The second-order valence-corrected chi connectivity index (χ2v) is 11.2. The van der Waals surface area contributed by atoms with E-state index in [4.69, 9.17) is 0 Å². The maximum absolute atomic E-state index is 14.0. The molecule has 0 spiro atoms. The third-order valence-electron chi connectivity index (χ3n) is 8.60. The number of hydrogen-bond donors (Lipinski definition) is 0. The number of nitrogens with zero attached hydrogens (tertiary/aromatic N) is 4. The van der Waals surface area contributed by atoms with Crippen molar-refractivity contribution in [3.8, 4) is 0 Å². The summed E-state index contributed by atoms with van der Waals surface area (Å²) in [5, 5.41) is 4.10. The van der Waals surface area contributed by atoms with Crippen LogP contribution in [0.25, 0.3) is 5.65 Å². The van der Waals surface area contributed by atoms with Crippen molar-refractivity contribution in [3.63, 3.8) is 0 Å². The molecule has 2 aromatic heterocycles. The molecular formula is C25H31F3N4O. The predicted octanol–water partition coefficient (Wildman–Crippen LogP) is 5.52. The highest BCUT2D eigenvalue weighted by molar-refractivity contribution is 5.93. The van der Waals surface area contributed by atoms with E-state index in [1.807, 2.05) is 0 Å². The standard InChI is InChI=1S/C25H31F3N4O/c26-25(27,28)21-10-19(15-24-12-16-7-17(13-24)9-18(8-16)14-24)29-22-11-20(30-32(21)22)23(33)31-5-3-1-2-4-6-31/h10-11,16-18H,1-9,12-15H2. The molecule has 5 aliphatic rings. The van der Waals surface area contributed by atoms with Crippen LogP contribution in [-0.4, -0.2) is 38.5 Å². The fourth-order valence-corrected chi connectivity index (χ4v) is 7.75. The van der Waals surface area contributed by atoms with Gasteiger partial charge in [-0.05, 0) is 87.0 Å². The molecule has 8 heteroatoms. The fourth-order valence-electron chi connectivity index (χ4n) is 7.75. The molecule has 0 unspecified atom stereocenters. The van der Waals surface area contributed by atoms with Crippen LogP contribution < -0.4 is 0 Å². The first kappa shape index (κ1) is 21.4. The molecule has 33 heavy (non-hydrogen) atoms. The number of halogens is 3. The predicted molar refractivity (Wildman–Crippen MR) is 117 cm³/mol. The van der Waals surface area contributed by atoms with Crippen LogP contribution in [0.1, 0.15) is 86.1 Å². The van der Waals surface area contributed by atoms with Crippen molar-refractivity contribution >= 4 is 11.6 Å². The summed E-state index contributed by atoms with van der Waals surface area (Å²) >= 11 is 0. The number of likely N-dealkylation sites (tertiary alicyclic amines) is 1. The molecule has 1 saturated heterocycles. The molecule has 4 saturated carbocycles. The summed E-state index contributed by atoms with van der Waals surface area (Å²) in [5.41, 5.74) is -0.0644. The summed E-state index contributed by atoms with van der Waals surface area (Å²) in [6.45, 7) is 1.26. The summed E-state index contributed by atoms with van der Waals surface area (Å²) in [7, 11) is 0. The molecule has 7 rings (SSSR count). The lowest BCUT2D eigenvalue weighted by molar-refractivity contribution is -0.142. The molecular weight excluding hydrogens is 429 g/mol. The normalized spacial score (nSPS) is 31.8. The Morgan fingerprint density at radius 2 is 1.58 bits per heavy atom. The number of amides is 1. The number of carbonyl (C=O) groups excluding carboxylic acids is 1. The molecule has 4 aliphatic carbocycles. The van der Waals surface area contributed by atoms with E-state index in [9.17, 15) is 18.0 Å². The Bertz CT molecular complexity index is 1030. The van der Waals surface area contributed by atoms with Gasteiger partial charge in [0.15, 0.2) is 11.3 Å². The average molecular weight is 461 g/mol. The summed E-state index contributed by atoms with van der Waals surface area (Å²) in [5.74, 6) is 1.90. The molecule has 2 aromatic rings. The number of rotatable bonds is 3. The van der Waals surface area contributed by atoms with Crippen molar-refractivity contribution in [2.24, 2.45) is 23.2 Å². The van der Waals surface area contributed by atoms with Crippen LogP contribution in [0.2, 0.25) is 0 Å². The highest BCUT2D eigenvalue weighted by Crippen LogP contribution is 2.61. The number of fused-ring (bicyclic) bond motifs is 1. The molecule has 1 aliphatic heterocycles. The van der Waals surface area contributed by atoms with E-state index in [1.165, 1.54) is 31.4 Å². The van der Waals surface area contributed by atoms with Crippen molar-refractivity contribution < 1.29 is 18.0 Å². The number of alkyl halides is 3. The molecule has 4 bridgehead atoms. The van der Waals surface area contributed by atoms with E-state index < -0.39 is 11.9 Å². The van der Waals surface area contributed by atoms with Crippen molar-refractivity contribution in [3.05, 3.63) is 29.2 Å². The zero-order valence-electron chi connectivity index (χ0n) is 18.9. The van der Waals surface area contributed by atoms with Crippen LogP contribution in [0.5, 0.6) is 0 Å².